The van der Waals surface area contributed by atoms with Gasteiger partial charge in [-0.1, -0.05) is 31.1 Å². The minimum atomic E-state index is -0.188. The molecule has 1 aliphatic carbocycles. The molecular weight excluding hydrogens is 164 g/mol. The molecule has 0 heterocycles. The van der Waals surface area contributed by atoms with Gasteiger partial charge in [-0.2, -0.15) is 0 Å². The molecule has 0 amide bonds. The Morgan fingerprint density at radius 3 is 2.69 bits per heavy atom. The van der Waals surface area contributed by atoms with Crippen LogP contribution in [0, 0.1) is 0 Å². The summed E-state index contributed by atoms with van der Waals surface area (Å²) >= 11 is 0. The van der Waals surface area contributed by atoms with E-state index in [0.29, 0.717) is 0 Å². The second-order valence-corrected chi connectivity index (χ2v) is 3.26. The van der Waals surface area contributed by atoms with Crippen LogP contribution in [0.5, 0.6) is 0 Å². The molecule has 0 aromatic heterocycles. The third-order valence-electron chi connectivity index (χ3n) is 2.25. The van der Waals surface area contributed by atoms with E-state index in [1.54, 1.807) is 0 Å². The first kappa shape index (κ1) is 10.0. The molecule has 0 fully saturated rings. The number of hydrogen-bond donors (Lipinski definition) is 0. The number of esters is 1. The molecule has 0 unspecified atom stereocenters. The smallest absolute Gasteiger partial charge is 0.333 e. The minimum Gasteiger partial charge on any atom is -0.466 e. The van der Waals surface area contributed by atoms with E-state index >= 15 is 0 Å². The Kier molecular flexibility index (Phi) is 3.74. The highest BCUT2D eigenvalue weighted by molar-refractivity contribution is 5.89. The van der Waals surface area contributed by atoms with Crippen LogP contribution in [0.2, 0.25) is 0 Å². The van der Waals surface area contributed by atoms with Crippen molar-refractivity contribution in [1.82, 2.24) is 0 Å². The maximum absolute atomic E-state index is 11.1. The molecule has 0 spiro atoms. The summed E-state index contributed by atoms with van der Waals surface area (Å²) in [5, 5.41) is 0. The molecular formula is C11H16O2. The number of carbonyl (C=O) groups is 1. The highest BCUT2D eigenvalue weighted by atomic mass is 16.5. The first-order valence-corrected chi connectivity index (χ1v) is 4.74. The quantitative estimate of drug-likeness (QED) is 0.624. The van der Waals surface area contributed by atoms with Crippen molar-refractivity contribution in [2.75, 3.05) is 7.11 Å². The number of allylic oxidation sites excluding steroid dienone is 3. The van der Waals surface area contributed by atoms with Gasteiger partial charge in [0, 0.05) is 5.57 Å². The number of carbonyl (C=O) groups excluding carboxylic acids is 1. The number of hydrogen-bond acceptors (Lipinski definition) is 2. The fourth-order valence-corrected chi connectivity index (χ4v) is 1.51. The molecule has 0 aliphatic heterocycles. The summed E-state index contributed by atoms with van der Waals surface area (Å²) < 4.78 is 4.65. The molecule has 0 bridgehead atoms. The molecule has 2 nitrogen and oxygen atoms in total. The minimum absolute atomic E-state index is 0.188. The molecule has 0 N–H and O–H groups in total. The van der Waals surface area contributed by atoms with Crippen LogP contribution in [-0.4, -0.2) is 13.1 Å². The molecule has 0 aromatic carbocycles. The lowest BCUT2D eigenvalue weighted by atomic mass is 9.96. The van der Waals surface area contributed by atoms with E-state index in [1.165, 1.54) is 19.1 Å². The largest absolute Gasteiger partial charge is 0.466 e. The molecule has 2 heteroatoms. The van der Waals surface area contributed by atoms with Gasteiger partial charge in [-0.25, -0.2) is 4.79 Å². The standard InChI is InChI=1S/C11H16O2/c1-3-4-9-5-7-10(8-6-9)11(12)13-2/h5,7H,3-4,6,8H2,1-2H3. The van der Waals surface area contributed by atoms with Gasteiger partial charge in [0.2, 0.25) is 0 Å². The molecule has 0 saturated heterocycles. The molecule has 0 aromatic rings. The van der Waals surface area contributed by atoms with Gasteiger partial charge in [-0.05, 0) is 19.3 Å². The van der Waals surface area contributed by atoms with Crippen LogP contribution in [0.15, 0.2) is 23.3 Å². The Morgan fingerprint density at radius 1 is 1.46 bits per heavy atom. The third-order valence-corrected chi connectivity index (χ3v) is 2.25. The lowest BCUT2D eigenvalue weighted by molar-refractivity contribution is -0.136. The van der Waals surface area contributed by atoms with Gasteiger partial charge in [0.05, 0.1) is 7.11 Å². The Balaban J connectivity index is 2.59. The fraction of sp³-hybridized carbons (Fsp3) is 0.545. The van der Waals surface area contributed by atoms with Crippen LogP contribution in [0.1, 0.15) is 32.6 Å². The van der Waals surface area contributed by atoms with Crippen molar-refractivity contribution in [1.29, 1.82) is 0 Å². The van der Waals surface area contributed by atoms with Crippen molar-refractivity contribution in [3.63, 3.8) is 0 Å². The van der Waals surface area contributed by atoms with E-state index in [0.717, 1.165) is 24.8 Å². The Labute approximate surface area is 79.3 Å². The summed E-state index contributed by atoms with van der Waals surface area (Å²) in [7, 11) is 1.43. The molecule has 0 saturated carbocycles. The van der Waals surface area contributed by atoms with E-state index in [4.69, 9.17) is 0 Å². The maximum Gasteiger partial charge on any atom is 0.333 e. The average Bonchev–Trinajstić information content (AvgIpc) is 2.18. The summed E-state index contributed by atoms with van der Waals surface area (Å²) in [5.74, 6) is -0.188. The lowest BCUT2D eigenvalue weighted by Crippen LogP contribution is -2.07. The van der Waals surface area contributed by atoms with Gasteiger partial charge in [0.1, 0.15) is 0 Å². The van der Waals surface area contributed by atoms with Crippen LogP contribution in [-0.2, 0) is 9.53 Å². The Bertz CT molecular complexity index is 249. The highest BCUT2D eigenvalue weighted by Crippen LogP contribution is 2.22. The normalized spacial score (nSPS) is 16.2. The molecule has 13 heavy (non-hydrogen) atoms. The van der Waals surface area contributed by atoms with Crippen LogP contribution in [0.3, 0.4) is 0 Å². The van der Waals surface area contributed by atoms with Crippen molar-refractivity contribution in [2.24, 2.45) is 0 Å². The summed E-state index contributed by atoms with van der Waals surface area (Å²) in [6.07, 6.45) is 8.10. The number of methoxy groups -OCH3 is 1. The second-order valence-electron chi connectivity index (χ2n) is 3.26. The summed E-state index contributed by atoms with van der Waals surface area (Å²) in [5.41, 5.74) is 2.23. The predicted molar refractivity (Wildman–Crippen MR) is 52.3 cm³/mol. The van der Waals surface area contributed by atoms with E-state index in [9.17, 15) is 4.79 Å². The van der Waals surface area contributed by atoms with Crippen LogP contribution in [0.4, 0.5) is 0 Å². The zero-order valence-corrected chi connectivity index (χ0v) is 8.30. The van der Waals surface area contributed by atoms with Gasteiger partial charge in [-0.3, -0.25) is 0 Å². The molecule has 72 valence electrons. The first-order chi connectivity index (χ1) is 6.27. The zero-order valence-electron chi connectivity index (χ0n) is 8.30. The van der Waals surface area contributed by atoms with E-state index in [2.05, 4.69) is 17.7 Å². The Morgan fingerprint density at radius 2 is 2.23 bits per heavy atom. The van der Waals surface area contributed by atoms with Crippen molar-refractivity contribution in [3.05, 3.63) is 23.3 Å². The van der Waals surface area contributed by atoms with E-state index in [1.807, 2.05) is 6.08 Å². The predicted octanol–water partition coefficient (Wildman–Crippen LogP) is 2.61. The van der Waals surface area contributed by atoms with Gasteiger partial charge in [0.15, 0.2) is 0 Å². The van der Waals surface area contributed by atoms with Gasteiger partial charge >= 0.3 is 5.97 Å². The van der Waals surface area contributed by atoms with E-state index < -0.39 is 0 Å². The molecule has 1 rings (SSSR count). The monoisotopic (exact) mass is 180 g/mol. The fourth-order valence-electron chi connectivity index (χ4n) is 1.51. The van der Waals surface area contributed by atoms with Crippen molar-refractivity contribution in [2.45, 2.75) is 32.6 Å². The summed E-state index contributed by atoms with van der Waals surface area (Å²) in [6, 6.07) is 0. The summed E-state index contributed by atoms with van der Waals surface area (Å²) in [4.78, 5) is 11.1. The SMILES string of the molecule is CCCC1=CC=C(C(=O)OC)CC1. The van der Waals surface area contributed by atoms with Crippen LogP contribution < -0.4 is 0 Å². The molecule has 0 atom stereocenters. The lowest BCUT2D eigenvalue weighted by Gasteiger charge is -2.12. The van der Waals surface area contributed by atoms with Gasteiger partial charge in [-0.15, -0.1) is 0 Å². The average molecular weight is 180 g/mol. The number of rotatable bonds is 3. The van der Waals surface area contributed by atoms with Crippen molar-refractivity contribution < 1.29 is 9.53 Å². The highest BCUT2D eigenvalue weighted by Gasteiger charge is 2.12. The van der Waals surface area contributed by atoms with Crippen LogP contribution >= 0.6 is 0 Å². The second kappa shape index (κ2) is 4.85. The van der Waals surface area contributed by atoms with Crippen LogP contribution in [0.25, 0.3) is 0 Å². The van der Waals surface area contributed by atoms with Gasteiger partial charge in [0.25, 0.3) is 0 Å². The molecule has 1 aliphatic rings. The first-order valence-electron chi connectivity index (χ1n) is 4.74. The van der Waals surface area contributed by atoms with Crippen molar-refractivity contribution in [3.8, 4) is 0 Å². The topological polar surface area (TPSA) is 26.3 Å². The maximum atomic E-state index is 11.1. The van der Waals surface area contributed by atoms with Crippen molar-refractivity contribution >= 4 is 5.97 Å². The number of ether oxygens (including phenoxy) is 1. The Hall–Kier alpha value is -1.05. The summed E-state index contributed by atoms with van der Waals surface area (Å²) in [6.45, 7) is 2.17. The molecule has 0 radical (unpaired) electrons. The zero-order chi connectivity index (χ0) is 9.68. The van der Waals surface area contributed by atoms with E-state index in [-0.39, 0.29) is 5.97 Å². The van der Waals surface area contributed by atoms with Gasteiger partial charge < -0.3 is 4.74 Å². The third kappa shape index (κ3) is 2.72.